The average Bonchev–Trinajstić information content (AvgIpc) is 3.10. The van der Waals surface area contributed by atoms with Gasteiger partial charge in [-0.05, 0) is 36.2 Å². The van der Waals surface area contributed by atoms with Crippen LogP contribution in [0.15, 0.2) is 59.7 Å². The summed E-state index contributed by atoms with van der Waals surface area (Å²) in [5, 5.41) is 5.83. The van der Waals surface area contributed by atoms with Crippen LogP contribution < -0.4 is 10.7 Å². The summed E-state index contributed by atoms with van der Waals surface area (Å²) in [7, 11) is 0. The molecular weight excluding hydrogens is 397 g/mol. The molecule has 2 amide bonds. The first-order valence-corrected chi connectivity index (χ1v) is 10.5. The Morgan fingerprint density at radius 3 is 2.45 bits per heavy atom. The Balaban J connectivity index is 1.44. The summed E-state index contributed by atoms with van der Waals surface area (Å²) >= 11 is 0. The highest BCUT2D eigenvalue weighted by Gasteiger charge is 2.36. The number of rotatable bonds is 5. The Hall–Kier alpha value is -3.26. The highest BCUT2D eigenvalue weighted by Crippen LogP contribution is 2.25. The lowest BCUT2D eigenvalue weighted by Crippen LogP contribution is -2.41. The molecule has 1 saturated heterocycles. The molecule has 0 spiro atoms. The number of nitrogens with zero attached hydrogens (tertiary/aromatic N) is 4. The maximum absolute atomic E-state index is 13.3. The van der Waals surface area contributed by atoms with Gasteiger partial charge in [0.25, 0.3) is 5.91 Å². The van der Waals surface area contributed by atoms with Gasteiger partial charge in [0.2, 0.25) is 5.91 Å². The van der Waals surface area contributed by atoms with Crippen LogP contribution in [0.4, 0.5) is 10.1 Å². The van der Waals surface area contributed by atoms with Crippen molar-refractivity contribution in [2.75, 3.05) is 31.2 Å². The molecule has 2 aromatic carbocycles. The summed E-state index contributed by atoms with van der Waals surface area (Å²) in [4.78, 5) is 29.3. The largest absolute Gasteiger partial charge is 0.368 e. The molecule has 1 fully saturated rings. The van der Waals surface area contributed by atoms with Gasteiger partial charge in [0.05, 0.1) is 5.69 Å². The monoisotopic (exact) mass is 423 g/mol. The minimum absolute atomic E-state index is 0.149. The molecule has 2 N–H and O–H groups in total. The number of hydrogen-bond donors (Lipinski definition) is 1. The van der Waals surface area contributed by atoms with E-state index >= 15 is 0 Å². The minimum atomic E-state index is -0.758. The maximum atomic E-state index is 13.3. The first-order valence-electron chi connectivity index (χ1n) is 10.5. The Bertz CT molecular complexity index is 964. The molecule has 2 aromatic rings. The molecule has 1 atom stereocenters. The number of carbonyl (C=O) groups is 2. The fourth-order valence-corrected chi connectivity index (χ4v) is 4.05. The van der Waals surface area contributed by atoms with Crippen LogP contribution in [-0.4, -0.2) is 59.5 Å². The highest BCUT2D eigenvalue weighted by atomic mass is 19.1. The Morgan fingerprint density at radius 1 is 1.00 bits per heavy atom. The van der Waals surface area contributed by atoms with Crippen LogP contribution in [-0.2, 0) is 16.1 Å². The van der Waals surface area contributed by atoms with Gasteiger partial charge >= 0.3 is 0 Å². The number of anilines is 1. The predicted octanol–water partition coefficient (Wildman–Crippen LogP) is 1.98. The molecule has 0 aromatic heterocycles. The third kappa shape index (κ3) is 4.91. The molecule has 0 aliphatic carbocycles. The van der Waals surface area contributed by atoms with Crippen LogP contribution in [0.5, 0.6) is 0 Å². The maximum Gasteiger partial charge on any atom is 0.270 e. The van der Waals surface area contributed by atoms with Gasteiger partial charge in [-0.1, -0.05) is 30.3 Å². The lowest BCUT2D eigenvalue weighted by atomic mass is 10.1. The summed E-state index contributed by atoms with van der Waals surface area (Å²) < 4.78 is 13.3. The van der Waals surface area contributed by atoms with Crippen LogP contribution in [0.2, 0.25) is 0 Å². The molecule has 1 unspecified atom stereocenters. The van der Waals surface area contributed by atoms with Crippen LogP contribution in [0.25, 0.3) is 0 Å². The van der Waals surface area contributed by atoms with Crippen molar-refractivity contribution < 1.29 is 14.0 Å². The molecule has 162 valence electrons. The third-order valence-corrected chi connectivity index (χ3v) is 5.70. The smallest absolute Gasteiger partial charge is 0.270 e. The molecule has 2 heterocycles. The van der Waals surface area contributed by atoms with Gasteiger partial charge in [0.15, 0.2) is 0 Å². The van der Waals surface area contributed by atoms with Crippen LogP contribution >= 0.6 is 0 Å². The fourth-order valence-electron chi connectivity index (χ4n) is 4.05. The number of amides is 2. The van der Waals surface area contributed by atoms with E-state index in [0.29, 0.717) is 24.5 Å². The topological polar surface area (TPSA) is 82.2 Å². The summed E-state index contributed by atoms with van der Waals surface area (Å²) in [5.74, 6) is -1.12. The van der Waals surface area contributed by atoms with Gasteiger partial charge < -0.3 is 10.6 Å². The van der Waals surface area contributed by atoms with Crippen LogP contribution in [0.1, 0.15) is 18.4 Å². The number of carbonyl (C=O) groups excluding carboxylic acids is 2. The van der Waals surface area contributed by atoms with Gasteiger partial charge in [-0.25, -0.2) is 4.39 Å². The molecule has 2 aliphatic rings. The Morgan fingerprint density at radius 2 is 1.74 bits per heavy atom. The minimum Gasteiger partial charge on any atom is -0.368 e. The van der Waals surface area contributed by atoms with Crippen molar-refractivity contribution in [1.82, 2.24) is 9.80 Å². The molecule has 0 radical (unpaired) electrons. The van der Waals surface area contributed by atoms with E-state index in [1.807, 2.05) is 18.2 Å². The van der Waals surface area contributed by atoms with E-state index in [4.69, 9.17) is 5.73 Å². The van der Waals surface area contributed by atoms with Crippen molar-refractivity contribution in [3.05, 3.63) is 66.0 Å². The summed E-state index contributed by atoms with van der Waals surface area (Å²) in [6.07, 6.45) is 1.02. The second-order valence-corrected chi connectivity index (χ2v) is 7.90. The molecule has 8 heteroatoms. The first kappa shape index (κ1) is 21.0. The SMILES string of the molecule is NC(=O)C1CC(C(=O)N2CCCN(Cc3ccccc3)CC2)=NN1c1ccc(F)cc1. The summed E-state index contributed by atoms with van der Waals surface area (Å²) in [6, 6.07) is 15.1. The number of benzene rings is 2. The van der Waals surface area contributed by atoms with Crippen molar-refractivity contribution >= 4 is 23.2 Å². The highest BCUT2D eigenvalue weighted by molar-refractivity contribution is 6.40. The van der Waals surface area contributed by atoms with E-state index in [1.54, 1.807) is 4.90 Å². The van der Waals surface area contributed by atoms with E-state index < -0.39 is 11.9 Å². The second kappa shape index (κ2) is 9.26. The standard InChI is InChI=1S/C23H26FN5O2/c24-18-7-9-19(10-8-18)29-21(22(25)30)15-20(26-29)23(31)28-12-4-11-27(13-14-28)16-17-5-2-1-3-6-17/h1-3,5-10,21H,4,11-16H2,(H2,25,30). The number of primary amides is 1. The van der Waals surface area contributed by atoms with Crippen LogP contribution in [0.3, 0.4) is 0 Å². The lowest BCUT2D eigenvalue weighted by Gasteiger charge is -2.22. The normalized spacial score (nSPS) is 19.8. The molecule has 31 heavy (non-hydrogen) atoms. The van der Waals surface area contributed by atoms with Crippen molar-refractivity contribution in [1.29, 1.82) is 0 Å². The molecule has 7 nitrogen and oxygen atoms in total. The summed E-state index contributed by atoms with van der Waals surface area (Å²) in [5.41, 5.74) is 7.64. The quantitative estimate of drug-likeness (QED) is 0.797. The molecule has 4 rings (SSSR count). The van der Waals surface area contributed by atoms with Gasteiger partial charge in [-0.3, -0.25) is 19.5 Å². The fraction of sp³-hybridized carbons (Fsp3) is 0.348. The van der Waals surface area contributed by atoms with E-state index in [0.717, 1.165) is 26.1 Å². The first-order chi connectivity index (χ1) is 15.0. The predicted molar refractivity (Wildman–Crippen MR) is 117 cm³/mol. The molecular formula is C23H26FN5O2. The van der Waals surface area contributed by atoms with E-state index in [1.165, 1.54) is 34.8 Å². The molecule has 0 saturated carbocycles. The lowest BCUT2D eigenvalue weighted by molar-refractivity contribution is -0.124. The Kier molecular flexibility index (Phi) is 6.27. The zero-order chi connectivity index (χ0) is 21.8. The van der Waals surface area contributed by atoms with Gasteiger partial charge in [0, 0.05) is 39.1 Å². The Labute approximate surface area is 180 Å². The zero-order valence-electron chi connectivity index (χ0n) is 17.3. The van der Waals surface area contributed by atoms with Crippen LogP contribution in [0, 0.1) is 5.82 Å². The van der Waals surface area contributed by atoms with Crippen molar-refractivity contribution in [2.45, 2.75) is 25.4 Å². The van der Waals surface area contributed by atoms with Crippen molar-refractivity contribution in [3.8, 4) is 0 Å². The van der Waals surface area contributed by atoms with Gasteiger partial charge in [-0.15, -0.1) is 0 Å². The van der Waals surface area contributed by atoms with E-state index in [9.17, 15) is 14.0 Å². The number of hydrazone groups is 1. The number of halogens is 1. The summed E-state index contributed by atoms with van der Waals surface area (Å²) in [6.45, 7) is 3.78. The number of nitrogens with two attached hydrogens (primary N) is 1. The van der Waals surface area contributed by atoms with E-state index in [2.05, 4.69) is 22.1 Å². The van der Waals surface area contributed by atoms with Gasteiger partial charge in [-0.2, -0.15) is 5.10 Å². The van der Waals surface area contributed by atoms with Crippen molar-refractivity contribution in [2.24, 2.45) is 10.8 Å². The van der Waals surface area contributed by atoms with E-state index in [-0.39, 0.29) is 18.1 Å². The average molecular weight is 423 g/mol. The van der Waals surface area contributed by atoms with Gasteiger partial charge in [0.1, 0.15) is 17.6 Å². The van der Waals surface area contributed by atoms with Crippen molar-refractivity contribution in [3.63, 3.8) is 0 Å². The number of hydrogen-bond acceptors (Lipinski definition) is 5. The zero-order valence-corrected chi connectivity index (χ0v) is 17.3. The third-order valence-electron chi connectivity index (χ3n) is 5.70. The molecule has 0 bridgehead atoms. The molecule has 2 aliphatic heterocycles. The second-order valence-electron chi connectivity index (χ2n) is 7.90.